The predicted molar refractivity (Wildman–Crippen MR) is 71.8 cm³/mol. The lowest BCUT2D eigenvalue weighted by Gasteiger charge is -2.28. The van der Waals surface area contributed by atoms with Gasteiger partial charge in [-0.25, -0.2) is 0 Å². The fourth-order valence-electron chi connectivity index (χ4n) is 2.57. The Morgan fingerprint density at radius 1 is 1.29 bits per heavy atom. The number of nitrogens with two attached hydrogens (primary N) is 1. The summed E-state index contributed by atoms with van der Waals surface area (Å²) in [7, 11) is 0. The molecule has 1 atom stereocenters. The van der Waals surface area contributed by atoms with Crippen LogP contribution >= 0.6 is 0 Å². The van der Waals surface area contributed by atoms with Crippen LogP contribution in [0.1, 0.15) is 24.4 Å². The number of nitrogens with zero attached hydrogens (tertiary/aromatic N) is 2. The molecule has 1 aromatic rings. The van der Waals surface area contributed by atoms with Gasteiger partial charge in [0.05, 0.1) is 12.6 Å². The van der Waals surface area contributed by atoms with E-state index in [-0.39, 0.29) is 11.8 Å². The van der Waals surface area contributed by atoms with E-state index in [1.807, 2.05) is 4.90 Å². The molecule has 0 saturated heterocycles. The van der Waals surface area contributed by atoms with E-state index in [0.29, 0.717) is 24.0 Å². The average Bonchev–Trinajstić information content (AvgIpc) is 3.14. The molecule has 0 radical (unpaired) electrons. The van der Waals surface area contributed by atoms with Crippen LogP contribution in [0.15, 0.2) is 29.3 Å². The predicted octanol–water partition coefficient (Wildman–Crippen LogP) is 2.67. The van der Waals surface area contributed by atoms with E-state index in [2.05, 4.69) is 9.73 Å². The monoisotopic (exact) mass is 299 g/mol. The zero-order valence-corrected chi connectivity index (χ0v) is 11.3. The van der Waals surface area contributed by atoms with Gasteiger partial charge in [-0.2, -0.15) is 0 Å². The molecule has 1 unspecified atom stereocenters. The van der Waals surface area contributed by atoms with Gasteiger partial charge < -0.3 is 15.4 Å². The van der Waals surface area contributed by atoms with Crippen LogP contribution in [0, 0.1) is 5.92 Å². The van der Waals surface area contributed by atoms with E-state index < -0.39 is 6.36 Å². The molecule has 2 aliphatic rings. The second kappa shape index (κ2) is 5.13. The molecule has 21 heavy (non-hydrogen) atoms. The van der Waals surface area contributed by atoms with Crippen molar-refractivity contribution in [2.45, 2.75) is 25.2 Å². The molecule has 7 heteroatoms. The van der Waals surface area contributed by atoms with E-state index in [9.17, 15) is 13.2 Å². The van der Waals surface area contributed by atoms with E-state index >= 15 is 0 Å². The normalized spacial score (nSPS) is 22.3. The van der Waals surface area contributed by atoms with Crippen molar-refractivity contribution >= 4 is 5.96 Å². The summed E-state index contributed by atoms with van der Waals surface area (Å²) in [4.78, 5) is 6.06. The second-order valence-corrected chi connectivity index (χ2v) is 5.40. The number of guanidine groups is 1. The van der Waals surface area contributed by atoms with Gasteiger partial charge in [-0.3, -0.25) is 4.99 Å². The smallest absolute Gasteiger partial charge is 0.405 e. The summed E-state index contributed by atoms with van der Waals surface area (Å²) < 4.78 is 41.7. The largest absolute Gasteiger partial charge is 0.573 e. The first-order valence-electron chi connectivity index (χ1n) is 6.85. The van der Waals surface area contributed by atoms with Gasteiger partial charge in [-0.15, -0.1) is 13.2 Å². The number of alkyl halides is 3. The average molecular weight is 299 g/mol. The highest BCUT2D eigenvalue weighted by Crippen LogP contribution is 2.38. The number of benzene rings is 1. The van der Waals surface area contributed by atoms with Crippen LogP contribution in [0.25, 0.3) is 0 Å². The zero-order valence-electron chi connectivity index (χ0n) is 11.3. The van der Waals surface area contributed by atoms with Crippen molar-refractivity contribution in [2.75, 3.05) is 13.1 Å². The van der Waals surface area contributed by atoms with Crippen LogP contribution in [0.3, 0.4) is 0 Å². The highest BCUT2D eigenvalue weighted by Gasteiger charge is 2.37. The number of ether oxygens (including phenoxy) is 1. The molecule has 1 heterocycles. The highest BCUT2D eigenvalue weighted by molar-refractivity contribution is 5.80. The first-order chi connectivity index (χ1) is 9.94. The van der Waals surface area contributed by atoms with Crippen LogP contribution < -0.4 is 10.5 Å². The molecular formula is C14H16F3N3O. The van der Waals surface area contributed by atoms with E-state index in [1.165, 1.54) is 12.1 Å². The van der Waals surface area contributed by atoms with Crippen LogP contribution in [-0.2, 0) is 0 Å². The molecule has 2 N–H and O–H groups in total. The Kier molecular flexibility index (Phi) is 3.43. The first-order valence-corrected chi connectivity index (χ1v) is 6.85. The van der Waals surface area contributed by atoms with E-state index in [4.69, 9.17) is 5.73 Å². The number of hydrogen-bond acceptors (Lipinski definition) is 4. The lowest BCUT2D eigenvalue weighted by molar-refractivity contribution is -0.275. The Morgan fingerprint density at radius 3 is 2.67 bits per heavy atom. The van der Waals surface area contributed by atoms with Crippen molar-refractivity contribution in [1.82, 2.24) is 4.90 Å². The van der Waals surface area contributed by atoms with Crippen LogP contribution in [0.4, 0.5) is 13.2 Å². The van der Waals surface area contributed by atoms with Crippen LogP contribution in [-0.4, -0.2) is 30.3 Å². The van der Waals surface area contributed by atoms with Gasteiger partial charge in [-0.1, -0.05) is 18.2 Å². The minimum atomic E-state index is -4.71. The fourth-order valence-corrected chi connectivity index (χ4v) is 2.57. The summed E-state index contributed by atoms with van der Waals surface area (Å²) in [6.07, 6.45) is -2.43. The molecule has 0 spiro atoms. The van der Waals surface area contributed by atoms with Crippen molar-refractivity contribution in [3.05, 3.63) is 29.8 Å². The fraction of sp³-hybridized carbons (Fsp3) is 0.500. The van der Waals surface area contributed by atoms with Crippen LogP contribution in [0.5, 0.6) is 5.75 Å². The molecule has 3 rings (SSSR count). The van der Waals surface area contributed by atoms with Crippen molar-refractivity contribution in [2.24, 2.45) is 16.6 Å². The number of aliphatic imine (C=N–C) groups is 1. The van der Waals surface area contributed by atoms with Gasteiger partial charge >= 0.3 is 6.36 Å². The van der Waals surface area contributed by atoms with Gasteiger partial charge in [0.15, 0.2) is 5.96 Å². The Morgan fingerprint density at radius 2 is 2.00 bits per heavy atom. The van der Waals surface area contributed by atoms with Gasteiger partial charge in [-0.05, 0) is 24.8 Å². The molecule has 0 bridgehead atoms. The van der Waals surface area contributed by atoms with Gasteiger partial charge in [0.25, 0.3) is 0 Å². The number of hydrogen-bond donors (Lipinski definition) is 1. The highest BCUT2D eigenvalue weighted by atomic mass is 19.4. The van der Waals surface area contributed by atoms with Crippen molar-refractivity contribution < 1.29 is 17.9 Å². The topological polar surface area (TPSA) is 50.9 Å². The quantitative estimate of drug-likeness (QED) is 0.930. The molecule has 1 aromatic carbocycles. The van der Waals surface area contributed by atoms with Gasteiger partial charge in [0, 0.05) is 12.1 Å². The molecule has 1 aliphatic carbocycles. The summed E-state index contributed by atoms with van der Waals surface area (Å²) in [5.41, 5.74) is 6.34. The maximum absolute atomic E-state index is 12.5. The Labute approximate surface area is 120 Å². The molecule has 4 nitrogen and oxygen atoms in total. The molecule has 114 valence electrons. The summed E-state index contributed by atoms with van der Waals surface area (Å²) in [5.74, 6) is 0.782. The summed E-state index contributed by atoms with van der Waals surface area (Å²) >= 11 is 0. The molecule has 1 fully saturated rings. The third kappa shape index (κ3) is 3.22. The minimum Gasteiger partial charge on any atom is -0.405 e. The van der Waals surface area contributed by atoms with Crippen molar-refractivity contribution in [3.63, 3.8) is 0 Å². The lowest BCUT2D eigenvalue weighted by atomic mass is 10.0. The lowest BCUT2D eigenvalue weighted by Crippen LogP contribution is -2.37. The Hall–Kier alpha value is -1.92. The van der Waals surface area contributed by atoms with Gasteiger partial charge in [0.2, 0.25) is 0 Å². The Balaban J connectivity index is 1.85. The third-order valence-electron chi connectivity index (χ3n) is 3.75. The van der Waals surface area contributed by atoms with E-state index in [1.54, 1.807) is 12.1 Å². The van der Waals surface area contributed by atoms with Crippen LogP contribution in [0.2, 0.25) is 0 Å². The molecular weight excluding hydrogens is 283 g/mol. The van der Waals surface area contributed by atoms with E-state index in [0.717, 1.165) is 19.4 Å². The number of rotatable bonds is 4. The summed E-state index contributed by atoms with van der Waals surface area (Å²) in [6.45, 7) is 1.09. The SMILES string of the molecule is NC1=NCC(c2ccccc2OC(F)(F)F)N1CC1CC1. The second-order valence-electron chi connectivity index (χ2n) is 5.40. The molecule has 0 aromatic heterocycles. The maximum atomic E-state index is 12.5. The van der Waals surface area contributed by atoms with Crippen molar-refractivity contribution in [3.8, 4) is 5.75 Å². The summed E-state index contributed by atoms with van der Waals surface area (Å²) in [5, 5.41) is 0. The zero-order chi connectivity index (χ0) is 15.0. The van der Waals surface area contributed by atoms with Crippen molar-refractivity contribution in [1.29, 1.82) is 0 Å². The molecule has 1 aliphatic heterocycles. The van der Waals surface area contributed by atoms with Gasteiger partial charge in [0.1, 0.15) is 5.75 Å². The maximum Gasteiger partial charge on any atom is 0.573 e. The number of para-hydroxylation sites is 1. The standard InChI is InChI=1S/C14H16F3N3O/c15-14(16,17)21-12-4-2-1-3-10(12)11-7-19-13(18)20(11)8-9-5-6-9/h1-4,9,11H,5-8H2,(H2,18,19). The molecule has 0 amide bonds. The molecule has 1 saturated carbocycles. The summed E-state index contributed by atoms with van der Waals surface area (Å²) in [6, 6.07) is 5.90. The third-order valence-corrected chi connectivity index (χ3v) is 3.75. The minimum absolute atomic E-state index is 0.180. The number of halogens is 3. The first kappa shape index (κ1) is 14.0. The Bertz CT molecular complexity index is 555.